The van der Waals surface area contributed by atoms with Gasteiger partial charge in [-0.05, 0) is 48.2 Å². The van der Waals surface area contributed by atoms with E-state index in [2.05, 4.69) is 33.9 Å². The Labute approximate surface area is 193 Å². The second kappa shape index (κ2) is 10.8. The van der Waals surface area contributed by atoms with Gasteiger partial charge in [0, 0.05) is 11.8 Å². The van der Waals surface area contributed by atoms with Crippen LogP contribution in [0.3, 0.4) is 0 Å². The van der Waals surface area contributed by atoms with Gasteiger partial charge >= 0.3 is 0 Å². The molecule has 174 valence electrons. The highest BCUT2D eigenvalue weighted by atomic mass is 32.2. The Hall–Kier alpha value is -3.66. The number of para-hydroxylation sites is 1. The number of amides is 1. The lowest BCUT2D eigenvalue weighted by Crippen LogP contribution is -2.20. The van der Waals surface area contributed by atoms with E-state index in [-0.39, 0.29) is 29.1 Å². The number of aromatic nitrogens is 2. The van der Waals surface area contributed by atoms with Crippen LogP contribution in [0.5, 0.6) is 11.6 Å². The van der Waals surface area contributed by atoms with Crippen molar-refractivity contribution in [2.75, 3.05) is 23.8 Å². The van der Waals surface area contributed by atoms with Crippen LogP contribution in [-0.4, -0.2) is 38.0 Å². The number of rotatable bonds is 10. The normalized spacial score (nSPS) is 12.0. The van der Waals surface area contributed by atoms with E-state index in [1.54, 1.807) is 0 Å². The molecule has 1 amide bonds. The lowest BCUT2D eigenvalue weighted by Gasteiger charge is -2.15. The Morgan fingerprint density at radius 3 is 2.52 bits per heavy atom. The van der Waals surface area contributed by atoms with Crippen molar-refractivity contribution in [1.82, 2.24) is 9.97 Å². The standard InChI is InChI=1S/C23H26N4O5S/c1-4-16(2)19-7-5-6-8-20(19)32-14-22(28)26-17-9-11-18(12-10-17)33(29,30)27-21-13-23(31-3)25-15-24-21/h5-13,15-16H,4,14H2,1-3H3,(H,26,28)(H,24,25,27). The number of methoxy groups -OCH3 is 1. The number of hydrogen-bond donors (Lipinski definition) is 2. The van der Waals surface area contributed by atoms with Crippen molar-refractivity contribution in [3.05, 3.63) is 66.5 Å². The molecule has 3 aromatic rings. The molecule has 0 saturated carbocycles. The number of carbonyl (C=O) groups excluding carboxylic acids is 1. The number of ether oxygens (including phenoxy) is 2. The zero-order chi connectivity index (χ0) is 23.8. The third-order valence-electron chi connectivity index (χ3n) is 4.96. The number of anilines is 2. The van der Waals surface area contributed by atoms with Crippen LogP contribution >= 0.6 is 0 Å². The van der Waals surface area contributed by atoms with Crippen molar-refractivity contribution in [2.45, 2.75) is 31.1 Å². The predicted molar refractivity (Wildman–Crippen MR) is 125 cm³/mol. The monoisotopic (exact) mass is 470 g/mol. The zero-order valence-corrected chi connectivity index (χ0v) is 19.4. The second-order valence-corrected chi connectivity index (χ2v) is 8.94. The van der Waals surface area contributed by atoms with Crippen LogP contribution in [-0.2, 0) is 14.8 Å². The number of hydrogen-bond acceptors (Lipinski definition) is 7. The number of carbonyl (C=O) groups is 1. The fourth-order valence-electron chi connectivity index (χ4n) is 3.00. The Balaban J connectivity index is 1.60. The Kier molecular flexibility index (Phi) is 7.83. The SMILES string of the molecule is CCC(C)c1ccccc1OCC(=O)Nc1ccc(S(=O)(=O)Nc2cc(OC)ncn2)cc1. The van der Waals surface area contributed by atoms with Gasteiger partial charge in [0.25, 0.3) is 15.9 Å². The van der Waals surface area contributed by atoms with Gasteiger partial charge in [0.2, 0.25) is 5.88 Å². The van der Waals surface area contributed by atoms with E-state index in [0.717, 1.165) is 12.0 Å². The summed E-state index contributed by atoms with van der Waals surface area (Å²) in [5.74, 6) is 0.950. The van der Waals surface area contributed by atoms with Crippen LogP contribution in [0.1, 0.15) is 31.7 Å². The molecule has 0 radical (unpaired) electrons. The molecule has 1 aromatic heterocycles. The highest BCUT2D eigenvalue weighted by molar-refractivity contribution is 7.92. The first kappa shape index (κ1) is 24.0. The average molecular weight is 471 g/mol. The third kappa shape index (κ3) is 6.42. The van der Waals surface area contributed by atoms with Gasteiger partial charge in [-0.3, -0.25) is 9.52 Å². The van der Waals surface area contributed by atoms with Crippen LogP contribution in [0, 0.1) is 0 Å². The zero-order valence-electron chi connectivity index (χ0n) is 18.6. The molecule has 1 atom stereocenters. The lowest BCUT2D eigenvalue weighted by molar-refractivity contribution is -0.118. The summed E-state index contributed by atoms with van der Waals surface area (Å²) < 4.78 is 38.2. The molecule has 2 aromatic carbocycles. The first-order valence-electron chi connectivity index (χ1n) is 10.3. The molecule has 0 bridgehead atoms. The van der Waals surface area contributed by atoms with Gasteiger partial charge in [0.05, 0.1) is 12.0 Å². The second-order valence-electron chi connectivity index (χ2n) is 7.26. The van der Waals surface area contributed by atoms with Crippen molar-refractivity contribution in [2.24, 2.45) is 0 Å². The molecule has 2 N–H and O–H groups in total. The lowest BCUT2D eigenvalue weighted by atomic mass is 9.98. The minimum absolute atomic E-state index is 0.0109. The third-order valence-corrected chi connectivity index (χ3v) is 6.33. The van der Waals surface area contributed by atoms with E-state index >= 15 is 0 Å². The van der Waals surface area contributed by atoms with E-state index in [9.17, 15) is 13.2 Å². The topological polar surface area (TPSA) is 120 Å². The van der Waals surface area contributed by atoms with Gasteiger partial charge in [0.15, 0.2) is 6.61 Å². The van der Waals surface area contributed by atoms with Crippen LogP contribution in [0.4, 0.5) is 11.5 Å². The van der Waals surface area contributed by atoms with Crippen molar-refractivity contribution in [3.63, 3.8) is 0 Å². The van der Waals surface area contributed by atoms with Crippen molar-refractivity contribution >= 4 is 27.4 Å². The Bertz CT molecular complexity index is 1200. The molecule has 0 saturated heterocycles. The predicted octanol–water partition coefficient (Wildman–Crippen LogP) is 3.82. The van der Waals surface area contributed by atoms with Crippen molar-refractivity contribution in [1.29, 1.82) is 0 Å². The molecular weight excluding hydrogens is 444 g/mol. The number of nitrogens with zero attached hydrogens (tertiary/aromatic N) is 2. The van der Waals surface area contributed by atoms with Gasteiger partial charge in [-0.1, -0.05) is 32.0 Å². The van der Waals surface area contributed by atoms with Gasteiger partial charge in [-0.25, -0.2) is 18.4 Å². The first-order chi connectivity index (χ1) is 15.8. The maximum Gasteiger partial charge on any atom is 0.263 e. The highest BCUT2D eigenvalue weighted by Gasteiger charge is 2.16. The summed E-state index contributed by atoms with van der Waals surface area (Å²) in [5, 5.41) is 2.70. The van der Waals surface area contributed by atoms with Gasteiger partial charge in [-0.15, -0.1) is 0 Å². The fourth-order valence-corrected chi connectivity index (χ4v) is 4.00. The van der Waals surface area contributed by atoms with Gasteiger partial charge in [-0.2, -0.15) is 0 Å². The van der Waals surface area contributed by atoms with Crippen LogP contribution in [0.15, 0.2) is 65.8 Å². The van der Waals surface area contributed by atoms with E-state index in [0.29, 0.717) is 17.4 Å². The van der Waals surface area contributed by atoms with Crippen LogP contribution < -0.4 is 19.5 Å². The van der Waals surface area contributed by atoms with Crippen LogP contribution in [0.2, 0.25) is 0 Å². The van der Waals surface area contributed by atoms with E-state index in [1.165, 1.54) is 43.8 Å². The quantitative estimate of drug-likeness (QED) is 0.462. The summed E-state index contributed by atoms with van der Waals surface area (Å²) in [4.78, 5) is 20.0. The molecule has 10 heteroatoms. The smallest absolute Gasteiger partial charge is 0.263 e. The summed E-state index contributed by atoms with van der Waals surface area (Å²) >= 11 is 0. The molecule has 0 aliphatic heterocycles. The molecule has 33 heavy (non-hydrogen) atoms. The molecular formula is C23H26N4O5S. The summed E-state index contributed by atoms with van der Waals surface area (Å²) in [7, 11) is -2.46. The fraction of sp³-hybridized carbons (Fsp3) is 0.261. The molecule has 3 rings (SSSR count). The molecule has 0 aliphatic carbocycles. The molecule has 9 nitrogen and oxygen atoms in total. The minimum atomic E-state index is -3.88. The van der Waals surface area contributed by atoms with Crippen molar-refractivity contribution < 1.29 is 22.7 Å². The van der Waals surface area contributed by atoms with Crippen LogP contribution in [0.25, 0.3) is 0 Å². The highest BCUT2D eigenvalue weighted by Crippen LogP contribution is 2.28. The number of benzene rings is 2. The maximum absolute atomic E-state index is 12.6. The molecule has 1 heterocycles. The Morgan fingerprint density at radius 1 is 1.09 bits per heavy atom. The summed E-state index contributed by atoms with van der Waals surface area (Å²) in [5.41, 5.74) is 1.50. The molecule has 0 spiro atoms. The summed E-state index contributed by atoms with van der Waals surface area (Å²) in [6, 6.07) is 14.8. The van der Waals surface area contributed by atoms with E-state index in [1.807, 2.05) is 24.3 Å². The van der Waals surface area contributed by atoms with Crippen molar-refractivity contribution in [3.8, 4) is 11.6 Å². The summed E-state index contributed by atoms with van der Waals surface area (Å²) in [6.07, 6.45) is 2.15. The average Bonchev–Trinajstić information content (AvgIpc) is 2.82. The molecule has 1 unspecified atom stereocenters. The first-order valence-corrected chi connectivity index (χ1v) is 11.8. The van der Waals surface area contributed by atoms with Gasteiger partial charge in [0.1, 0.15) is 17.9 Å². The minimum Gasteiger partial charge on any atom is -0.483 e. The molecule has 0 fully saturated rings. The largest absolute Gasteiger partial charge is 0.483 e. The number of sulfonamides is 1. The summed E-state index contributed by atoms with van der Waals surface area (Å²) in [6.45, 7) is 4.04. The van der Waals surface area contributed by atoms with E-state index < -0.39 is 10.0 Å². The van der Waals surface area contributed by atoms with Gasteiger partial charge < -0.3 is 14.8 Å². The van der Waals surface area contributed by atoms with E-state index in [4.69, 9.17) is 9.47 Å². The maximum atomic E-state index is 12.6. The Morgan fingerprint density at radius 2 is 1.82 bits per heavy atom. The number of nitrogens with one attached hydrogen (secondary N) is 2. The molecule has 0 aliphatic rings.